The number of carbonyl (C=O) groups is 2. The molecular weight excluding hydrogens is 585 g/mol. The van der Waals surface area contributed by atoms with Crippen LogP contribution >= 0.6 is 0 Å². The van der Waals surface area contributed by atoms with Crippen LogP contribution in [0.4, 0.5) is 14.9 Å². The Morgan fingerprint density at radius 3 is 2.30 bits per heavy atom. The van der Waals surface area contributed by atoms with E-state index < -0.39 is 18.1 Å². The van der Waals surface area contributed by atoms with Gasteiger partial charge in [0, 0.05) is 18.2 Å². The molecule has 4 aromatic carbocycles. The molecule has 0 bridgehead atoms. The first kappa shape index (κ1) is 30.9. The van der Waals surface area contributed by atoms with Gasteiger partial charge in [0.05, 0.1) is 31.4 Å². The van der Waals surface area contributed by atoms with Gasteiger partial charge in [-0.2, -0.15) is 0 Å². The molecule has 2 heterocycles. The van der Waals surface area contributed by atoms with Gasteiger partial charge < -0.3 is 30.4 Å². The van der Waals surface area contributed by atoms with Crippen molar-refractivity contribution in [3.8, 4) is 0 Å². The molecule has 0 radical (unpaired) electrons. The number of rotatable bonds is 10. The van der Waals surface area contributed by atoms with Crippen molar-refractivity contribution in [2.45, 2.75) is 36.9 Å². The molecule has 1 aliphatic rings. The third kappa shape index (κ3) is 7.09. The number of anilines is 1. The standard InChI is InChI=1S/C36H36FN5O4/c1-45-36(44)42-33(31(24-12-4-2-5-13-24)25-14-6-3-7-15-25)35(43)40-28-17-9-8-11-23(28)19-20-26-21-38-30(22-46-26)34-39-29-18-10-16-27(37)32(29)41-34/h2-18,26,30-31,33,38H,19-22H2,1H3,(H,39,41)(H,40,43)(H,42,44)/t26-,30+,33?/m1/s1. The summed E-state index contributed by atoms with van der Waals surface area (Å²) in [5.41, 5.74) is 4.35. The Kier molecular flexibility index (Phi) is 9.66. The number of aromatic nitrogens is 2. The average molecular weight is 622 g/mol. The summed E-state index contributed by atoms with van der Waals surface area (Å²) in [5, 5.41) is 9.34. The smallest absolute Gasteiger partial charge is 0.407 e. The first-order valence-electron chi connectivity index (χ1n) is 15.3. The highest BCUT2D eigenvalue weighted by molar-refractivity contribution is 5.98. The third-order valence-electron chi connectivity index (χ3n) is 8.31. The van der Waals surface area contributed by atoms with Crippen molar-refractivity contribution in [2.75, 3.05) is 25.6 Å². The number of hydrogen-bond acceptors (Lipinski definition) is 6. The second kappa shape index (κ2) is 14.4. The predicted octanol–water partition coefficient (Wildman–Crippen LogP) is 5.86. The van der Waals surface area contributed by atoms with Crippen LogP contribution in [0.2, 0.25) is 0 Å². The number of hydrogen-bond donors (Lipinski definition) is 4. The quantitative estimate of drug-likeness (QED) is 0.155. The lowest BCUT2D eigenvalue weighted by Gasteiger charge is -2.30. The summed E-state index contributed by atoms with van der Waals surface area (Å²) in [6.07, 6.45) is 0.606. The lowest BCUT2D eigenvalue weighted by atomic mass is 9.84. The summed E-state index contributed by atoms with van der Waals surface area (Å²) >= 11 is 0. The SMILES string of the molecule is COC(=O)NC(C(=O)Nc1ccccc1CC[C@@H]1CN[C@H](c2nc3c(F)cccc3[nH]2)CO1)C(c1ccccc1)c1ccccc1. The summed E-state index contributed by atoms with van der Waals surface area (Å²) in [6, 6.07) is 30.6. The molecule has 1 unspecified atom stereocenters. The Morgan fingerprint density at radius 2 is 1.65 bits per heavy atom. The van der Waals surface area contributed by atoms with E-state index in [0.717, 1.165) is 16.7 Å². The van der Waals surface area contributed by atoms with Crippen molar-refractivity contribution in [2.24, 2.45) is 0 Å². The topological polar surface area (TPSA) is 117 Å². The van der Waals surface area contributed by atoms with Crippen LogP contribution < -0.4 is 16.0 Å². The van der Waals surface area contributed by atoms with Gasteiger partial charge in [-0.3, -0.25) is 4.79 Å². The number of amides is 2. The predicted molar refractivity (Wildman–Crippen MR) is 174 cm³/mol. The van der Waals surface area contributed by atoms with Gasteiger partial charge >= 0.3 is 6.09 Å². The van der Waals surface area contributed by atoms with Crippen LogP contribution in [-0.2, 0) is 20.7 Å². The molecule has 6 rings (SSSR count). The zero-order chi connectivity index (χ0) is 31.9. The van der Waals surface area contributed by atoms with E-state index in [0.29, 0.717) is 48.5 Å². The number of methoxy groups -OCH3 is 1. The molecule has 1 aliphatic heterocycles. The Balaban J connectivity index is 1.14. The van der Waals surface area contributed by atoms with Crippen molar-refractivity contribution in [3.05, 3.63) is 131 Å². The van der Waals surface area contributed by atoms with Gasteiger partial charge in [0.2, 0.25) is 5.91 Å². The molecule has 9 nitrogen and oxygen atoms in total. The molecule has 0 spiro atoms. The zero-order valence-electron chi connectivity index (χ0n) is 25.4. The van der Waals surface area contributed by atoms with Gasteiger partial charge in [0.25, 0.3) is 0 Å². The number of morpholine rings is 1. The van der Waals surface area contributed by atoms with Crippen molar-refractivity contribution < 1.29 is 23.5 Å². The fraction of sp³-hybridized carbons (Fsp3) is 0.250. The fourth-order valence-corrected chi connectivity index (χ4v) is 5.94. The molecule has 0 aliphatic carbocycles. The lowest BCUT2D eigenvalue weighted by molar-refractivity contribution is -0.118. The van der Waals surface area contributed by atoms with Crippen molar-refractivity contribution in [3.63, 3.8) is 0 Å². The normalized spacial score (nSPS) is 17.0. The highest BCUT2D eigenvalue weighted by Crippen LogP contribution is 2.30. The van der Waals surface area contributed by atoms with Crippen LogP contribution in [0.25, 0.3) is 11.0 Å². The zero-order valence-corrected chi connectivity index (χ0v) is 25.4. The number of benzene rings is 4. The van der Waals surface area contributed by atoms with E-state index in [1.807, 2.05) is 84.9 Å². The van der Waals surface area contributed by atoms with E-state index in [-0.39, 0.29) is 23.9 Å². The molecule has 4 N–H and O–H groups in total. The van der Waals surface area contributed by atoms with E-state index in [4.69, 9.17) is 9.47 Å². The van der Waals surface area contributed by atoms with Gasteiger partial charge in [-0.1, -0.05) is 84.9 Å². The Hall–Kier alpha value is -5.06. The number of para-hydroxylation sites is 2. The van der Waals surface area contributed by atoms with E-state index in [1.54, 1.807) is 12.1 Å². The molecule has 3 atom stereocenters. The number of alkyl carbamates (subject to hydrolysis) is 1. The molecule has 236 valence electrons. The Morgan fingerprint density at radius 1 is 0.957 bits per heavy atom. The van der Waals surface area contributed by atoms with E-state index in [9.17, 15) is 14.0 Å². The van der Waals surface area contributed by atoms with Gasteiger partial charge in [0.15, 0.2) is 5.82 Å². The number of ether oxygens (including phenoxy) is 2. The van der Waals surface area contributed by atoms with Gasteiger partial charge in [-0.15, -0.1) is 0 Å². The molecule has 2 amide bonds. The number of carbonyl (C=O) groups excluding carboxylic acids is 2. The molecule has 1 saturated heterocycles. The van der Waals surface area contributed by atoms with Crippen molar-refractivity contribution in [1.29, 1.82) is 0 Å². The first-order chi connectivity index (χ1) is 22.5. The summed E-state index contributed by atoms with van der Waals surface area (Å²) in [6.45, 7) is 0.991. The minimum absolute atomic E-state index is 0.0598. The van der Waals surface area contributed by atoms with Crippen LogP contribution in [0.5, 0.6) is 0 Å². The summed E-state index contributed by atoms with van der Waals surface area (Å²) in [5.74, 6) is -0.544. The average Bonchev–Trinajstić information content (AvgIpc) is 3.54. The maximum absolute atomic E-state index is 14.1. The van der Waals surface area contributed by atoms with Crippen LogP contribution in [-0.4, -0.2) is 54.4 Å². The van der Waals surface area contributed by atoms with Crippen molar-refractivity contribution in [1.82, 2.24) is 20.6 Å². The number of nitrogens with zero attached hydrogens (tertiary/aromatic N) is 1. The highest BCUT2D eigenvalue weighted by Gasteiger charge is 2.33. The summed E-state index contributed by atoms with van der Waals surface area (Å²) in [7, 11) is 1.28. The molecular formula is C36H36FN5O4. The highest BCUT2D eigenvalue weighted by atomic mass is 19.1. The molecule has 1 fully saturated rings. The Labute approximate surface area is 266 Å². The van der Waals surface area contributed by atoms with E-state index in [1.165, 1.54) is 13.2 Å². The first-order valence-corrected chi connectivity index (χ1v) is 15.3. The maximum Gasteiger partial charge on any atom is 0.407 e. The number of fused-ring (bicyclic) bond motifs is 1. The number of aryl methyl sites for hydroxylation is 1. The van der Waals surface area contributed by atoms with Crippen LogP contribution in [0.3, 0.4) is 0 Å². The molecule has 10 heteroatoms. The lowest BCUT2D eigenvalue weighted by Crippen LogP contribution is -2.48. The van der Waals surface area contributed by atoms with Crippen LogP contribution in [0.15, 0.2) is 103 Å². The monoisotopic (exact) mass is 621 g/mol. The number of H-pyrrole nitrogens is 1. The van der Waals surface area contributed by atoms with Gasteiger partial charge in [0.1, 0.15) is 17.4 Å². The van der Waals surface area contributed by atoms with Crippen LogP contribution in [0.1, 0.15) is 40.9 Å². The van der Waals surface area contributed by atoms with E-state index >= 15 is 0 Å². The van der Waals surface area contributed by atoms with Gasteiger partial charge in [-0.05, 0) is 47.7 Å². The number of imidazole rings is 1. The fourth-order valence-electron chi connectivity index (χ4n) is 5.94. The minimum Gasteiger partial charge on any atom is -0.453 e. The number of nitrogens with one attached hydrogen (secondary N) is 4. The van der Waals surface area contributed by atoms with E-state index in [2.05, 4.69) is 25.9 Å². The molecule has 0 saturated carbocycles. The molecule has 1 aromatic heterocycles. The van der Waals surface area contributed by atoms with Gasteiger partial charge in [-0.25, -0.2) is 14.2 Å². The number of aromatic amines is 1. The largest absolute Gasteiger partial charge is 0.453 e. The summed E-state index contributed by atoms with van der Waals surface area (Å²) < 4.78 is 25.2. The summed E-state index contributed by atoms with van der Waals surface area (Å²) in [4.78, 5) is 34.2. The molecule has 5 aromatic rings. The second-order valence-corrected chi connectivity index (χ2v) is 11.3. The second-order valence-electron chi connectivity index (χ2n) is 11.3. The van der Waals surface area contributed by atoms with Crippen molar-refractivity contribution >= 4 is 28.7 Å². The minimum atomic E-state index is -0.958. The Bertz CT molecular complexity index is 1730. The maximum atomic E-state index is 14.1. The third-order valence-corrected chi connectivity index (χ3v) is 8.31. The molecule has 46 heavy (non-hydrogen) atoms. The number of halogens is 1. The van der Waals surface area contributed by atoms with Crippen LogP contribution in [0, 0.1) is 5.82 Å².